The highest BCUT2D eigenvalue weighted by Crippen LogP contribution is 2.37. The van der Waals surface area contributed by atoms with Gasteiger partial charge in [0.25, 0.3) is 0 Å². The molecule has 1 atom stereocenters. The van der Waals surface area contributed by atoms with Crippen molar-refractivity contribution in [3.05, 3.63) is 34.9 Å². The fraction of sp³-hybridized carbons (Fsp3) is 0.471. The minimum atomic E-state index is -0.725. The Morgan fingerprint density at radius 1 is 1.43 bits per heavy atom. The van der Waals surface area contributed by atoms with Gasteiger partial charge in [-0.2, -0.15) is 0 Å². The van der Waals surface area contributed by atoms with Crippen molar-refractivity contribution >= 4 is 23.8 Å². The third kappa shape index (κ3) is 3.75. The lowest BCUT2D eigenvalue weighted by Gasteiger charge is -2.27. The van der Waals surface area contributed by atoms with Crippen molar-refractivity contribution in [1.29, 1.82) is 0 Å². The van der Waals surface area contributed by atoms with Gasteiger partial charge in [-0.15, -0.1) is 5.10 Å². The van der Waals surface area contributed by atoms with E-state index in [1.54, 1.807) is 30.7 Å². The first-order valence-electron chi connectivity index (χ1n) is 9.01. The zero-order chi connectivity index (χ0) is 19.7. The molecule has 11 heteroatoms. The van der Waals surface area contributed by atoms with Crippen LogP contribution in [0.3, 0.4) is 0 Å². The van der Waals surface area contributed by atoms with Crippen LogP contribution in [0.1, 0.15) is 43.4 Å². The third-order valence-electron chi connectivity index (χ3n) is 4.40. The van der Waals surface area contributed by atoms with Crippen molar-refractivity contribution in [3.63, 3.8) is 0 Å². The second-order valence-electron chi connectivity index (χ2n) is 6.52. The van der Waals surface area contributed by atoms with E-state index in [-0.39, 0.29) is 6.61 Å². The Balaban J connectivity index is 1.65. The summed E-state index contributed by atoms with van der Waals surface area (Å²) < 4.78 is 12.7. The minimum absolute atomic E-state index is 0.223. The number of carbonyl (C=O) groups is 2. The topological polar surface area (TPSA) is 124 Å². The number of ether oxygens (including phenoxy) is 1. The van der Waals surface area contributed by atoms with E-state index in [2.05, 4.69) is 26.2 Å². The Morgan fingerprint density at radius 3 is 2.93 bits per heavy atom. The number of thioether (sulfide) groups is 1. The Hall–Kier alpha value is -2.82. The van der Waals surface area contributed by atoms with Crippen LogP contribution in [-0.2, 0) is 9.53 Å². The maximum Gasteiger partial charge on any atom is 0.338 e. The molecule has 28 heavy (non-hydrogen) atoms. The van der Waals surface area contributed by atoms with Crippen molar-refractivity contribution in [2.24, 2.45) is 0 Å². The Kier molecular flexibility index (Phi) is 5.07. The number of urea groups is 1. The van der Waals surface area contributed by atoms with Crippen LogP contribution < -0.4 is 10.6 Å². The zero-order valence-corrected chi connectivity index (χ0v) is 16.3. The van der Waals surface area contributed by atoms with Gasteiger partial charge in [0.2, 0.25) is 5.16 Å². The van der Waals surface area contributed by atoms with Crippen LogP contribution in [-0.4, -0.2) is 44.6 Å². The molecule has 0 radical (unpaired) electrons. The van der Waals surface area contributed by atoms with Gasteiger partial charge in [0.05, 0.1) is 18.2 Å². The highest BCUT2D eigenvalue weighted by Gasteiger charge is 2.36. The van der Waals surface area contributed by atoms with Gasteiger partial charge in [0.1, 0.15) is 17.6 Å². The van der Waals surface area contributed by atoms with E-state index in [1.807, 2.05) is 0 Å². The molecule has 1 fully saturated rings. The molecular formula is C17H20N6O4S. The molecule has 2 aliphatic rings. The normalized spacial score (nSPS) is 19.4. The van der Waals surface area contributed by atoms with E-state index in [0.29, 0.717) is 39.7 Å². The summed E-state index contributed by atoms with van der Waals surface area (Å²) in [5.74, 6) is 0.961. The van der Waals surface area contributed by atoms with Gasteiger partial charge in [0.15, 0.2) is 0 Å². The molecule has 0 bridgehead atoms. The molecule has 0 saturated heterocycles. The average molecular weight is 404 g/mol. The number of nitrogens with zero attached hydrogens (tertiary/aromatic N) is 4. The Morgan fingerprint density at radius 2 is 2.25 bits per heavy atom. The Bertz CT molecular complexity index is 932. The predicted molar refractivity (Wildman–Crippen MR) is 98.3 cm³/mol. The van der Waals surface area contributed by atoms with Crippen molar-refractivity contribution in [2.75, 3.05) is 12.4 Å². The lowest BCUT2D eigenvalue weighted by Crippen LogP contribution is -2.46. The van der Waals surface area contributed by atoms with E-state index in [1.165, 1.54) is 11.8 Å². The fourth-order valence-corrected chi connectivity index (χ4v) is 3.88. The molecule has 0 spiro atoms. The van der Waals surface area contributed by atoms with Gasteiger partial charge < -0.3 is 19.8 Å². The maximum atomic E-state index is 12.7. The predicted octanol–water partition coefficient (Wildman–Crippen LogP) is 1.87. The summed E-state index contributed by atoms with van der Waals surface area (Å²) in [6.07, 6.45) is 2.10. The lowest BCUT2D eigenvalue weighted by molar-refractivity contribution is -0.139. The number of rotatable bonds is 7. The first-order chi connectivity index (χ1) is 13.6. The highest BCUT2D eigenvalue weighted by atomic mass is 32.2. The molecular weight excluding hydrogens is 384 g/mol. The van der Waals surface area contributed by atoms with Gasteiger partial charge in [-0.1, -0.05) is 11.8 Å². The summed E-state index contributed by atoms with van der Waals surface area (Å²) in [7, 11) is 0. The third-order valence-corrected chi connectivity index (χ3v) is 5.36. The average Bonchev–Trinajstić information content (AvgIpc) is 3.24. The summed E-state index contributed by atoms with van der Waals surface area (Å²) in [6.45, 7) is 3.76. The number of hydrogen-bond acceptors (Lipinski definition) is 8. The molecule has 1 unspecified atom stereocenters. The van der Waals surface area contributed by atoms with Crippen molar-refractivity contribution < 1.29 is 18.7 Å². The van der Waals surface area contributed by atoms with Crippen LogP contribution in [0.15, 0.2) is 33.0 Å². The molecule has 2 aromatic heterocycles. The Labute approximate surface area is 165 Å². The van der Waals surface area contributed by atoms with Gasteiger partial charge in [-0.3, -0.25) is 0 Å². The minimum Gasteiger partial charge on any atom is -0.464 e. The molecule has 2 aromatic rings. The quantitative estimate of drug-likeness (QED) is 0.529. The van der Waals surface area contributed by atoms with Crippen molar-refractivity contribution in [1.82, 2.24) is 30.8 Å². The first-order valence-corrected chi connectivity index (χ1v) is 10.00. The van der Waals surface area contributed by atoms with E-state index in [9.17, 15) is 9.59 Å². The molecule has 1 aliphatic carbocycles. The second kappa shape index (κ2) is 7.66. The summed E-state index contributed by atoms with van der Waals surface area (Å²) in [4.78, 5) is 24.9. The van der Waals surface area contributed by atoms with Crippen LogP contribution >= 0.6 is 11.8 Å². The number of hydrogen-bond donors (Lipinski definition) is 2. The molecule has 3 heterocycles. The molecule has 2 N–H and O–H groups in total. The summed E-state index contributed by atoms with van der Waals surface area (Å²) in [6, 6.07) is 2.71. The number of nitrogens with one attached hydrogen (secondary N) is 2. The molecule has 1 saturated carbocycles. The number of tetrazole rings is 1. The fourth-order valence-electron chi connectivity index (χ4n) is 2.97. The standard InChI is InChI=1S/C17H20N6O4S/c1-3-26-15(24)13-11(8-28-17-20-21-22-23(17)10-5-6-10)18-16(25)19-14(13)12-7-4-9(2)27-12/h4,7,10,14H,3,5-6,8H2,1-2H3,(H2,18,19,25). The van der Waals surface area contributed by atoms with Crippen LogP contribution in [0.25, 0.3) is 0 Å². The number of furan rings is 1. The first kappa shape index (κ1) is 18.5. The van der Waals surface area contributed by atoms with Crippen LogP contribution in [0, 0.1) is 6.92 Å². The van der Waals surface area contributed by atoms with Gasteiger partial charge in [0, 0.05) is 11.4 Å². The summed E-state index contributed by atoms with van der Waals surface area (Å²) >= 11 is 1.36. The van der Waals surface area contributed by atoms with Crippen LogP contribution in [0.5, 0.6) is 0 Å². The summed E-state index contributed by atoms with van der Waals surface area (Å²) in [5.41, 5.74) is 0.769. The number of amides is 2. The molecule has 148 valence electrons. The second-order valence-corrected chi connectivity index (χ2v) is 7.46. The highest BCUT2D eigenvalue weighted by molar-refractivity contribution is 7.99. The summed E-state index contributed by atoms with van der Waals surface area (Å²) in [5, 5.41) is 17.9. The SMILES string of the molecule is CCOC(=O)C1=C(CSc2nnnn2C2CC2)NC(=O)NC1c1ccc(C)o1. The van der Waals surface area contributed by atoms with Gasteiger partial charge in [-0.05, 0) is 49.2 Å². The van der Waals surface area contributed by atoms with Crippen molar-refractivity contribution in [3.8, 4) is 0 Å². The van der Waals surface area contributed by atoms with E-state index >= 15 is 0 Å². The zero-order valence-electron chi connectivity index (χ0n) is 15.5. The van der Waals surface area contributed by atoms with E-state index in [0.717, 1.165) is 12.8 Å². The molecule has 0 aromatic carbocycles. The van der Waals surface area contributed by atoms with E-state index in [4.69, 9.17) is 9.15 Å². The number of aromatic nitrogens is 4. The van der Waals surface area contributed by atoms with Crippen LogP contribution in [0.4, 0.5) is 4.79 Å². The maximum absolute atomic E-state index is 12.7. The van der Waals surface area contributed by atoms with Gasteiger partial charge in [-0.25, -0.2) is 14.3 Å². The number of esters is 1. The largest absolute Gasteiger partial charge is 0.464 e. The van der Waals surface area contributed by atoms with Crippen LogP contribution in [0.2, 0.25) is 0 Å². The van der Waals surface area contributed by atoms with Gasteiger partial charge >= 0.3 is 12.0 Å². The van der Waals surface area contributed by atoms with Crippen molar-refractivity contribution in [2.45, 2.75) is 43.9 Å². The smallest absolute Gasteiger partial charge is 0.338 e. The lowest BCUT2D eigenvalue weighted by atomic mass is 10.0. The number of carbonyl (C=O) groups excluding carboxylic acids is 2. The monoisotopic (exact) mass is 404 g/mol. The molecule has 4 rings (SSSR count). The molecule has 1 aliphatic heterocycles. The molecule has 2 amide bonds. The van der Waals surface area contributed by atoms with E-state index < -0.39 is 18.0 Å². The molecule has 10 nitrogen and oxygen atoms in total. The number of aryl methyl sites for hydroxylation is 1.